The maximum atomic E-state index is 6.24. The maximum Gasteiger partial charge on any atom is 0.192 e. The first kappa shape index (κ1) is 16.9. The highest BCUT2D eigenvalue weighted by molar-refractivity contribution is 6.74. The summed E-state index contributed by atoms with van der Waals surface area (Å²) in [5.41, 5.74) is 1.44. The molecule has 1 heterocycles. The van der Waals surface area contributed by atoms with Gasteiger partial charge in [0.15, 0.2) is 8.32 Å². The molecule has 0 radical (unpaired) electrons. The molecule has 112 valence electrons. The Morgan fingerprint density at radius 3 is 2.37 bits per heavy atom. The van der Waals surface area contributed by atoms with Gasteiger partial charge in [0, 0.05) is 0 Å². The molecule has 0 bridgehead atoms. The lowest BCUT2D eigenvalue weighted by atomic mass is 10.0. The number of rotatable bonds is 6. The van der Waals surface area contributed by atoms with Crippen LogP contribution in [0.15, 0.2) is 11.6 Å². The summed E-state index contributed by atoms with van der Waals surface area (Å²) >= 11 is 0. The lowest BCUT2D eigenvalue weighted by Gasteiger charge is -2.36. The van der Waals surface area contributed by atoms with Crippen LogP contribution in [0.5, 0.6) is 0 Å². The van der Waals surface area contributed by atoms with Gasteiger partial charge in [0.05, 0.1) is 12.2 Å². The van der Waals surface area contributed by atoms with E-state index in [0.29, 0.717) is 6.10 Å². The van der Waals surface area contributed by atoms with Crippen LogP contribution in [0.1, 0.15) is 54.4 Å². The predicted octanol–water partition coefficient (Wildman–Crippen LogP) is 4.91. The second-order valence-corrected chi connectivity index (χ2v) is 12.6. The van der Waals surface area contributed by atoms with Crippen molar-refractivity contribution in [1.82, 2.24) is 0 Å². The minimum Gasteiger partial charge on any atom is -0.414 e. The summed E-state index contributed by atoms with van der Waals surface area (Å²) in [4.78, 5) is 0. The molecule has 0 saturated carbocycles. The van der Waals surface area contributed by atoms with Crippen molar-refractivity contribution in [2.75, 3.05) is 6.61 Å². The Kier molecular flexibility index (Phi) is 5.08. The van der Waals surface area contributed by atoms with Crippen LogP contribution in [-0.2, 0) is 9.16 Å². The molecule has 0 aliphatic carbocycles. The van der Waals surface area contributed by atoms with Gasteiger partial charge in [-0.1, -0.05) is 32.4 Å². The Balaban J connectivity index is 2.36. The van der Waals surface area contributed by atoms with E-state index in [-0.39, 0.29) is 10.6 Å². The lowest BCUT2D eigenvalue weighted by Crippen LogP contribution is -2.42. The van der Waals surface area contributed by atoms with Crippen molar-refractivity contribution in [2.45, 2.75) is 84.2 Å². The predicted molar refractivity (Wildman–Crippen MR) is 85.1 cm³/mol. The third-order valence-electron chi connectivity index (χ3n) is 4.63. The van der Waals surface area contributed by atoms with Gasteiger partial charge in [-0.2, -0.15) is 0 Å². The zero-order chi connectivity index (χ0) is 14.9. The minimum atomic E-state index is -1.63. The average Bonchev–Trinajstić information content (AvgIpc) is 2.84. The molecule has 0 spiro atoms. The largest absolute Gasteiger partial charge is 0.414 e. The van der Waals surface area contributed by atoms with Gasteiger partial charge in [-0.15, -0.1) is 0 Å². The molecule has 1 fully saturated rings. The van der Waals surface area contributed by atoms with Gasteiger partial charge in [0.2, 0.25) is 0 Å². The molecule has 2 atom stereocenters. The van der Waals surface area contributed by atoms with Crippen molar-refractivity contribution >= 4 is 8.32 Å². The quantitative estimate of drug-likeness (QED) is 0.392. The summed E-state index contributed by atoms with van der Waals surface area (Å²) in [7, 11) is -1.63. The Hall–Kier alpha value is -0.123. The van der Waals surface area contributed by atoms with E-state index in [0.717, 1.165) is 19.4 Å². The summed E-state index contributed by atoms with van der Waals surface area (Å²) in [6, 6.07) is 0. The number of allylic oxidation sites excluding steroid dienone is 2. The first-order valence-electron chi connectivity index (χ1n) is 7.43. The van der Waals surface area contributed by atoms with Gasteiger partial charge in [-0.25, -0.2) is 0 Å². The fraction of sp³-hybridized carbons (Fsp3) is 0.875. The van der Waals surface area contributed by atoms with Crippen LogP contribution in [0.25, 0.3) is 0 Å². The first-order chi connectivity index (χ1) is 8.48. The molecule has 0 aromatic carbocycles. The van der Waals surface area contributed by atoms with Crippen LogP contribution in [0.4, 0.5) is 0 Å². The smallest absolute Gasteiger partial charge is 0.192 e. The van der Waals surface area contributed by atoms with E-state index in [2.05, 4.69) is 60.7 Å². The first-order valence-corrected chi connectivity index (χ1v) is 10.3. The van der Waals surface area contributed by atoms with Crippen LogP contribution in [-0.4, -0.2) is 26.6 Å². The molecule has 0 amide bonds. The highest BCUT2D eigenvalue weighted by Gasteiger charge is 2.52. The number of hydrogen-bond acceptors (Lipinski definition) is 2. The molecule has 1 aliphatic rings. The van der Waals surface area contributed by atoms with E-state index in [4.69, 9.17) is 9.16 Å². The Bertz CT molecular complexity index is 337. The average molecular weight is 285 g/mol. The van der Waals surface area contributed by atoms with E-state index in [1.807, 2.05) is 0 Å². The maximum absolute atomic E-state index is 6.24. The van der Waals surface area contributed by atoms with Crippen molar-refractivity contribution in [3.63, 3.8) is 0 Å². The zero-order valence-corrected chi connectivity index (χ0v) is 15.1. The standard InChI is InChI=1S/C16H32O2Si/c1-13(2)10-9-11-16(6)14(18-16)12-17-19(7,8)15(3,4)5/h10,14H,9,11-12H2,1-8H3. The zero-order valence-electron chi connectivity index (χ0n) is 14.1. The van der Waals surface area contributed by atoms with E-state index in [1.165, 1.54) is 5.57 Å². The number of hydrogen-bond donors (Lipinski definition) is 0. The second kappa shape index (κ2) is 5.70. The fourth-order valence-corrected chi connectivity index (χ4v) is 2.87. The van der Waals surface area contributed by atoms with Gasteiger partial charge in [-0.05, 0) is 51.7 Å². The van der Waals surface area contributed by atoms with Crippen molar-refractivity contribution in [3.8, 4) is 0 Å². The number of epoxide rings is 1. The van der Waals surface area contributed by atoms with Crippen LogP contribution in [0.3, 0.4) is 0 Å². The van der Waals surface area contributed by atoms with Crippen LogP contribution >= 0.6 is 0 Å². The summed E-state index contributed by atoms with van der Waals surface area (Å²) in [5, 5.41) is 0.278. The van der Waals surface area contributed by atoms with E-state index < -0.39 is 8.32 Å². The summed E-state index contributed by atoms with van der Waals surface area (Å²) < 4.78 is 12.1. The Morgan fingerprint density at radius 2 is 1.89 bits per heavy atom. The van der Waals surface area contributed by atoms with Gasteiger partial charge < -0.3 is 9.16 Å². The fourth-order valence-electron chi connectivity index (χ4n) is 1.87. The van der Waals surface area contributed by atoms with Crippen LogP contribution < -0.4 is 0 Å². The summed E-state index contributed by atoms with van der Waals surface area (Å²) in [6.07, 6.45) is 4.80. The molecule has 1 rings (SSSR count). The monoisotopic (exact) mass is 284 g/mol. The Morgan fingerprint density at radius 1 is 1.32 bits per heavy atom. The molecule has 19 heavy (non-hydrogen) atoms. The second-order valence-electron chi connectivity index (χ2n) is 7.81. The van der Waals surface area contributed by atoms with Gasteiger partial charge >= 0.3 is 0 Å². The molecular weight excluding hydrogens is 252 g/mol. The number of ether oxygens (including phenoxy) is 1. The molecule has 2 nitrogen and oxygen atoms in total. The molecule has 1 aliphatic heterocycles. The third-order valence-corrected chi connectivity index (χ3v) is 9.13. The summed E-state index contributed by atoms with van der Waals surface area (Å²) in [6.45, 7) is 18.7. The molecule has 3 heteroatoms. The lowest BCUT2D eigenvalue weighted by molar-refractivity contribution is 0.235. The van der Waals surface area contributed by atoms with Crippen molar-refractivity contribution in [3.05, 3.63) is 11.6 Å². The highest BCUT2D eigenvalue weighted by atomic mass is 28.4. The van der Waals surface area contributed by atoms with Crippen molar-refractivity contribution < 1.29 is 9.16 Å². The third kappa shape index (κ3) is 4.73. The van der Waals surface area contributed by atoms with Gasteiger partial charge in [0.25, 0.3) is 0 Å². The van der Waals surface area contributed by atoms with Crippen LogP contribution in [0.2, 0.25) is 18.1 Å². The molecule has 1 saturated heterocycles. The van der Waals surface area contributed by atoms with Gasteiger partial charge in [-0.3, -0.25) is 0 Å². The van der Waals surface area contributed by atoms with Crippen LogP contribution in [0, 0.1) is 0 Å². The minimum absolute atomic E-state index is 0.0499. The van der Waals surface area contributed by atoms with Crippen molar-refractivity contribution in [1.29, 1.82) is 0 Å². The summed E-state index contributed by atoms with van der Waals surface area (Å²) in [5.74, 6) is 0. The molecular formula is C16H32O2Si. The molecule has 0 aromatic rings. The molecule has 2 unspecified atom stereocenters. The van der Waals surface area contributed by atoms with E-state index in [9.17, 15) is 0 Å². The van der Waals surface area contributed by atoms with E-state index in [1.54, 1.807) is 0 Å². The normalized spacial score (nSPS) is 27.3. The topological polar surface area (TPSA) is 21.8 Å². The van der Waals surface area contributed by atoms with E-state index >= 15 is 0 Å². The Labute approximate surface area is 120 Å². The van der Waals surface area contributed by atoms with Gasteiger partial charge in [0.1, 0.15) is 6.10 Å². The molecule has 0 aromatic heterocycles. The SMILES string of the molecule is CC(C)=CCCC1(C)OC1CO[Si](C)(C)C(C)(C)C. The molecule has 0 N–H and O–H groups in total. The highest BCUT2D eigenvalue weighted by Crippen LogP contribution is 2.43. The van der Waals surface area contributed by atoms with Crippen molar-refractivity contribution in [2.24, 2.45) is 0 Å².